The van der Waals surface area contributed by atoms with Gasteiger partial charge in [-0.25, -0.2) is 9.67 Å². The number of hydrogen-bond acceptors (Lipinski definition) is 4. The predicted octanol–water partition coefficient (Wildman–Crippen LogP) is 0.00870. The maximum atomic E-state index is 11.8. The molecule has 1 aromatic rings. The molecule has 0 bridgehead atoms. The zero-order chi connectivity index (χ0) is 13.1. The lowest BCUT2D eigenvalue weighted by Crippen LogP contribution is -2.24. The summed E-state index contributed by atoms with van der Waals surface area (Å²) in [4.78, 5) is 26.9. The average molecular weight is 251 g/mol. The third-order valence-corrected chi connectivity index (χ3v) is 3.10. The first kappa shape index (κ1) is 12.5. The van der Waals surface area contributed by atoms with Gasteiger partial charge < -0.3 is 5.32 Å². The zero-order valence-electron chi connectivity index (χ0n) is 10.5. The van der Waals surface area contributed by atoms with Crippen LogP contribution >= 0.6 is 0 Å². The standard InChI is InChI=1S/C11H17N5O2/c1-7(8-3-4-8)10(18)14-11-13-6-16(15-11)5-9(17)12-2/h6-8H,3-5H2,1-2H3,(H,12,17)(H,14,15,18). The Morgan fingerprint density at radius 1 is 1.56 bits per heavy atom. The van der Waals surface area contributed by atoms with Crippen molar-refractivity contribution in [2.45, 2.75) is 26.3 Å². The largest absolute Gasteiger partial charge is 0.358 e. The number of hydrogen-bond donors (Lipinski definition) is 2. The van der Waals surface area contributed by atoms with Crippen LogP contribution in [0.5, 0.6) is 0 Å². The summed E-state index contributed by atoms with van der Waals surface area (Å²) < 4.78 is 1.39. The third kappa shape index (κ3) is 3.06. The molecule has 2 amide bonds. The van der Waals surface area contributed by atoms with Crippen molar-refractivity contribution in [2.24, 2.45) is 11.8 Å². The van der Waals surface area contributed by atoms with Crippen molar-refractivity contribution in [1.82, 2.24) is 20.1 Å². The minimum Gasteiger partial charge on any atom is -0.358 e. The summed E-state index contributed by atoms with van der Waals surface area (Å²) in [7, 11) is 1.55. The van der Waals surface area contributed by atoms with E-state index < -0.39 is 0 Å². The summed E-state index contributed by atoms with van der Waals surface area (Å²) in [6, 6.07) is 0. The van der Waals surface area contributed by atoms with E-state index in [0.29, 0.717) is 5.92 Å². The van der Waals surface area contributed by atoms with Crippen molar-refractivity contribution < 1.29 is 9.59 Å². The van der Waals surface area contributed by atoms with Gasteiger partial charge in [0.1, 0.15) is 12.9 Å². The number of amides is 2. The van der Waals surface area contributed by atoms with Crippen LogP contribution in [0.15, 0.2) is 6.33 Å². The highest BCUT2D eigenvalue weighted by Crippen LogP contribution is 2.36. The minimum atomic E-state index is -0.163. The highest BCUT2D eigenvalue weighted by Gasteiger charge is 2.32. The van der Waals surface area contributed by atoms with E-state index in [1.165, 1.54) is 11.0 Å². The molecule has 1 saturated carbocycles. The van der Waals surface area contributed by atoms with Gasteiger partial charge in [-0.3, -0.25) is 14.9 Å². The molecule has 1 aromatic heterocycles. The number of nitrogens with zero attached hydrogens (tertiary/aromatic N) is 3. The van der Waals surface area contributed by atoms with E-state index in [0.717, 1.165) is 12.8 Å². The van der Waals surface area contributed by atoms with Crippen LogP contribution in [0.3, 0.4) is 0 Å². The zero-order valence-corrected chi connectivity index (χ0v) is 10.5. The number of anilines is 1. The topological polar surface area (TPSA) is 88.9 Å². The fourth-order valence-electron chi connectivity index (χ4n) is 1.69. The van der Waals surface area contributed by atoms with Crippen LogP contribution in [-0.2, 0) is 16.1 Å². The van der Waals surface area contributed by atoms with E-state index in [1.54, 1.807) is 7.05 Å². The van der Waals surface area contributed by atoms with Crippen LogP contribution in [0.4, 0.5) is 5.95 Å². The molecular weight excluding hydrogens is 234 g/mol. The maximum Gasteiger partial charge on any atom is 0.248 e. The highest BCUT2D eigenvalue weighted by atomic mass is 16.2. The Kier molecular flexibility index (Phi) is 3.59. The average Bonchev–Trinajstić information content (AvgIpc) is 3.11. The van der Waals surface area contributed by atoms with Gasteiger partial charge in [-0.1, -0.05) is 6.92 Å². The van der Waals surface area contributed by atoms with E-state index in [4.69, 9.17) is 0 Å². The smallest absolute Gasteiger partial charge is 0.248 e. The molecule has 1 unspecified atom stereocenters. The van der Waals surface area contributed by atoms with Crippen LogP contribution in [0.2, 0.25) is 0 Å². The van der Waals surface area contributed by atoms with E-state index in [9.17, 15) is 9.59 Å². The van der Waals surface area contributed by atoms with E-state index >= 15 is 0 Å². The van der Waals surface area contributed by atoms with Gasteiger partial charge in [-0.15, -0.1) is 5.10 Å². The molecule has 18 heavy (non-hydrogen) atoms. The van der Waals surface area contributed by atoms with Gasteiger partial charge in [0.15, 0.2) is 0 Å². The van der Waals surface area contributed by atoms with Crippen molar-refractivity contribution in [3.63, 3.8) is 0 Å². The number of carbonyl (C=O) groups excluding carboxylic acids is 2. The first-order valence-corrected chi connectivity index (χ1v) is 6.01. The molecule has 1 fully saturated rings. The Morgan fingerprint density at radius 2 is 2.28 bits per heavy atom. The van der Waals surface area contributed by atoms with Crippen LogP contribution in [-0.4, -0.2) is 33.6 Å². The van der Waals surface area contributed by atoms with Crippen molar-refractivity contribution in [3.05, 3.63) is 6.33 Å². The fourth-order valence-corrected chi connectivity index (χ4v) is 1.69. The quantitative estimate of drug-likeness (QED) is 0.771. The second-order valence-electron chi connectivity index (χ2n) is 4.55. The molecule has 0 radical (unpaired) electrons. The molecule has 1 heterocycles. The normalized spacial score (nSPS) is 16.1. The summed E-state index contributed by atoms with van der Waals surface area (Å²) in [5.41, 5.74) is 0. The number of aromatic nitrogens is 3. The molecule has 7 nitrogen and oxygen atoms in total. The molecule has 0 spiro atoms. The van der Waals surface area contributed by atoms with Gasteiger partial charge in [0.05, 0.1) is 0 Å². The van der Waals surface area contributed by atoms with Gasteiger partial charge in [0.25, 0.3) is 0 Å². The van der Waals surface area contributed by atoms with Crippen molar-refractivity contribution in [2.75, 3.05) is 12.4 Å². The van der Waals surface area contributed by atoms with Crippen LogP contribution in [0.25, 0.3) is 0 Å². The maximum absolute atomic E-state index is 11.8. The predicted molar refractivity (Wildman–Crippen MR) is 64.6 cm³/mol. The lowest BCUT2D eigenvalue weighted by Gasteiger charge is -2.07. The Hall–Kier alpha value is -1.92. The molecule has 0 aromatic carbocycles. The third-order valence-electron chi connectivity index (χ3n) is 3.10. The molecule has 0 saturated heterocycles. The monoisotopic (exact) mass is 251 g/mol. The Labute approximate surface area is 105 Å². The van der Waals surface area contributed by atoms with Gasteiger partial charge in [0.2, 0.25) is 17.8 Å². The lowest BCUT2D eigenvalue weighted by atomic mass is 10.1. The molecule has 2 N–H and O–H groups in total. The minimum absolute atomic E-state index is 0.00381. The molecule has 1 atom stereocenters. The number of nitrogens with one attached hydrogen (secondary N) is 2. The van der Waals surface area contributed by atoms with Gasteiger partial charge >= 0.3 is 0 Å². The number of likely N-dealkylation sites (N-methyl/N-ethyl adjacent to an activating group) is 1. The van der Waals surface area contributed by atoms with Crippen LogP contribution < -0.4 is 10.6 Å². The van der Waals surface area contributed by atoms with Gasteiger partial charge in [-0.05, 0) is 18.8 Å². The van der Waals surface area contributed by atoms with Crippen molar-refractivity contribution >= 4 is 17.8 Å². The molecule has 98 valence electrons. The second-order valence-corrected chi connectivity index (χ2v) is 4.55. The molecule has 1 aliphatic carbocycles. The summed E-state index contributed by atoms with van der Waals surface area (Å²) in [6.45, 7) is 2.01. The molecule has 2 rings (SSSR count). The molecular formula is C11H17N5O2. The molecule has 1 aliphatic rings. The number of carbonyl (C=O) groups is 2. The Balaban J connectivity index is 1.89. The van der Waals surface area contributed by atoms with Crippen LogP contribution in [0, 0.1) is 11.8 Å². The molecule has 0 aliphatic heterocycles. The Morgan fingerprint density at radius 3 is 2.89 bits per heavy atom. The first-order chi connectivity index (χ1) is 8.60. The van der Waals surface area contributed by atoms with Gasteiger partial charge in [-0.2, -0.15) is 0 Å². The van der Waals surface area contributed by atoms with Crippen LogP contribution in [0.1, 0.15) is 19.8 Å². The summed E-state index contributed by atoms with van der Waals surface area (Å²) in [6.07, 6.45) is 3.66. The SMILES string of the molecule is CNC(=O)Cn1cnc(NC(=O)C(C)C2CC2)n1. The van der Waals surface area contributed by atoms with Gasteiger partial charge in [0, 0.05) is 13.0 Å². The van der Waals surface area contributed by atoms with E-state index in [2.05, 4.69) is 20.7 Å². The highest BCUT2D eigenvalue weighted by molar-refractivity contribution is 5.91. The van der Waals surface area contributed by atoms with Crippen molar-refractivity contribution in [3.8, 4) is 0 Å². The van der Waals surface area contributed by atoms with Crippen molar-refractivity contribution in [1.29, 1.82) is 0 Å². The fraction of sp³-hybridized carbons (Fsp3) is 0.636. The summed E-state index contributed by atoms with van der Waals surface area (Å²) in [5, 5.41) is 9.16. The van der Waals surface area contributed by atoms with E-state index in [-0.39, 0.29) is 30.2 Å². The van der Waals surface area contributed by atoms with E-state index in [1.807, 2.05) is 6.92 Å². The summed E-state index contributed by atoms with van der Waals surface area (Å²) >= 11 is 0. The molecule has 7 heteroatoms. The lowest BCUT2D eigenvalue weighted by molar-refractivity contribution is -0.121. The number of rotatable bonds is 5. The summed E-state index contributed by atoms with van der Waals surface area (Å²) in [5.74, 6) is 0.518. The second kappa shape index (κ2) is 5.16. The Bertz CT molecular complexity index is 452. The first-order valence-electron chi connectivity index (χ1n) is 6.01.